The highest BCUT2D eigenvalue weighted by Crippen LogP contribution is 2.00. The molecule has 0 radical (unpaired) electrons. The summed E-state index contributed by atoms with van der Waals surface area (Å²) in [6, 6.07) is -1.21. The largest absolute Gasteiger partial charge is 0.480 e. The van der Waals surface area contributed by atoms with Crippen LogP contribution in [0.1, 0.15) is 33.1 Å². The van der Waals surface area contributed by atoms with Gasteiger partial charge in [0.1, 0.15) is 6.04 Å². The van der Waals surface area contributed by atoms with Crippen LogP contribution in [0.2, 0.25) is 0 Å². The molecule has 0 rings (SSSR count). The molecule has 3 N–H and O–H groups in total. The number of urea groups is 1. The normalized spacial score (nSPS) is 12.2. The van der Waals surface area contributed by atoms with Crippen molar-refractivity contribution in [2.75, 3.05) is 26.7 Å². The number of unbranched alkanes of at least 4 members (excludes halogenated alkanes) is 1. The van der Waals surface area contributed by atoms with E-state index in [0.717, 1.165) is 25.9 Å². The third-order valence-electron chi connectivity index (χ3n) is 2.77. The minimum absolute atomic E-state index is 0.414. The van der Waals surface area contributed by atoms with Crippen LogP contribution in [0, 0.1) is 0 Å². The SMILES string of the molecule is CCCCC(NC(=O)NCCN(C)CC)C(=O)O. The Bertz CT molecular complexity index is 259. The Labute approximate surface area is 109 Å². The minimum Gasteiger partial charge on any atom is -0.480 e. The zero-order valence-corrected chi connectivity index (χ0v) is 11.5. The van der Waals surface area contributed by atoms with Gasteiger partial charge in [0.05, 0.1) is 0 Å². The highest BCUT2D eigenvalue weighted by molar-refractivity contribution is 5.82. The first-order chi connectivity index (χ1) is 8.51. The van der Waals surface area contributed by atoms with E-state index in [0.29, 0.717) is 13.0 Å². The molecule has 0 spiro atoms. The quantitative estimate of drug-likeness (QED) is 0.574. The van der Waals surface area contributed by atoms with Gasteiger partial charge in [-0.15, -0.1) is 0 Å². The van der Waals surface area contributed by atoms with Gasteiger partial charge in [0.15, 0.2) is 0 Å². The van der Waals surface area contributed by atoms with Gasteiger partial charge in [-0.1, -0.05) is 26.7 Å². The molecule has 0 fully saturated rings. The van der Waals surface area contributed by atoms with E-state index in [-0.39, 0.29) is 0 Å². The highest BCUT2D eigenvalue weighted by atomic mass is 16.4. The second-order valence-electron chi connectivity index (χ2n) is 4.33. The molecule has 0 saturated heterocycles. The first kappa shape index (κ1) is 16.7. The standard InChI is InChI=1S/C12H25N3O3/c1-4-6-7-10(11(16)17)14-12(18)13-8-9-15(3)5-2/h10H,4-9H2,1-3H3,(H,16,17)(H2,13,14,18). The zero-order valence-electron chi connectivity index (χ0n) is 11.5. The van der Waals surface area contributed by atoms with E-state index in [2.05, 4.69) is 15.5 Å². The van der Waals surface area contributed by atoms with Gasteiger partial charge >= 0.3 is 12.0 Å². The molecule has 6 heteroatoms. The Kier molecular flexibility index (Phi) is 9.00. The first-order valence-corrected chi connectivity index (χ1v) is 6.46. The van der Waals surface area contributed by atoms with E-state index in [9.17, 15) is 9.59 Å². The van der Waals surface area contributed by atoms with Gasteiger partial charge in [-0.2, -0.15) is 0 Å². The predicted molar refractivity (Wildman–Crippen MR) is 70.7 cm³/mol. The lowest BCUT2D eigenvalue weighted by Crippen LogP contribution is -2.47. The first-order valence-electron chi connectivity index (χ1n) is 6.46. The summed E-state index contributed by atoms with van der Waals surface area (Å²) in [5.74, 6) is -0.982. The molecule has 2 amide bonds. The second-order valence-corrected chi connectivity index (χ2v) is 4.33. The van der Waals surface area contributed by atoms with Gasteiger partial charge in [0, 0.05) is 13.1 Å². The van der Waals surface area contributed by atoms with Crippen LogP contribution in [0.3, 0.4) is 0 Å². The van der Waals surface area contributed by atoms with E-state index in [4.69, 9.17) is 5.11 Å². The lowest BCUT2D eigenvalue weighted by molar-refractivity contribution is -0.139. The van der Waals surface area contributed by atoms with E-state index in [1.165, 1.54) is 0 Å². The smallest absolute Gasteiger partial charge is 0.326 e. The van der Waals surface area contributed by atoms with Crippen molar-refractivity contribution in [3.63, 3.8) is 0 Å². The molecule has 1 atom stereocenters. The number of nitrogens with one attached hydrogen (secondary N) is 2. The van der Waals surface area contributed by atoms with Crippen molar-refractivity contribution in [2.45, 2.75) is 39.2 Å². The van der Waals surface area contributed by atoms with Crippen molar-refractivity contribution in [2.24, 2.45) is 0 Å². The topological polar surface area (TPSA) is 81.7 Å². The Morgan fingerprint density at radius 2 is 2.00 bits per heavy atom. The molecular formula is C12H25N3O3. The number of likely N-dealkylation sites (N-methyl/N-ethyl adjacent to an activating group) is 1. The van der Waals surface area contributed by atoms with Crippen LogP contribution in [-0.2, 0) is 4.79 Å². The van der Waals surface area contributed by atoms with Gasteiger partial charge in [-0.05, 0) is 20.0 Å². The Balaban J connectivity index is 3.91. The van der Waals surface area contributed by atoms with Gasteiger partial charge < -0.3 is 20.6 Å². The summed E-state index contributed by atoms with van der Waals surface area (Å²) in [5.41, 5.74) is 0. The second kappa shape index (κ2) is 9.70. The molecule has 0 bridgehead atoms. The van der Waals surface area contributed by atoms with E-state index < -0.39 is 18.0 Å². The fourth-order valence-corrected chi connectivity index (χ4v) is 1.39. The number of carboxylic acid groups (broad SMARTS) is 1. The van der Waals surface area contributed by atoms with Crippen molar-refractivity contribution < 1.29 is 14.7 Å². The summed E-state index contributed by atoms with van der Waals surface area (Å²) >= 11 is 0. The number of carboxylic acids is 1. The molecule has 106 valence electrons. The average Bonchev–Trinajstić information content (AvgIpc) is 2.33. The van der Waals surface area contributed by atoms with E-state index in [1.54, 1.807) is 0 Å². The molecule has 0 aliphatic carbocycles. The van der Waals surface area contributed by atoms with Crippen molar-refractivity contribution in [3.05, 3.63) is 0 Å². The highest BCUT2D eigenvalue weighted by Gasteiger charge is 2.18. The maximum atomic E-state index is 11.5. The van der Waals surface area contributed by atoms with Crippen LogP contribution in [-0.4, -0.2) is 54.7 Å². The van der Waals surface area contributed by atoms with Gasteiger partial charge in [0.25, 0.3) is 0 Å². The fraction of sp³-hybridized carbons (Fsp3) is 0.833. The molecule has 0 aliphatic heterocycles. The van der Waals surface area contributed by atoms with Crippen molar-refractivity contribution in [1.82, 2.24) is 15.5 Å². The van der Waals surface area contributed by atoms with Crippen molar-refractivity contribution >= 4 is 12.0 Å². The Hall–Kier alpha value is -1.30. The number of hydrogen-bond acceptors (Lipinski definition) is 3. The molecule has 0 aromatic heterocycles. The predicted octanol–water partition coefficient (Wildman–Crippen LogP) is 0.881. The van der Waals surface area contributed by atoms with E-state index >= 15 is 0 Å². The van der Waals surface area contributed by atoms with Crippen LogP contribution in [0.4, 0.5) is 4.79 Å². The molecule has 0 heterocycles. The lowest BCUT2D eigenvalue weighted by atomic mass is 10.1. The van der Waals surface area contributed by atoms with Gasteiger partial charge in [0.2, 0.25) is 0 Å². The van der Waals surface area contributed by atoms with Crippen LogP contribution in [0.25, 0.3) is 0 Å². The molecule has 6 nitrogen and oxygen atoms in total. The maximum Gasteiger partial charge on any atom is 0.326 e. The number of carbonyl (C=O) groups is 2. The van der Waals surface area contributed by atoms with Crippen LogP contribution < -0.4 is 10.6 Å². The monoisotopic (exact) mass is 259 g/mol. The molecule has 0 aliphatic rings. The van der Waals surface area contributed by atoms with E-state index in [1.807, 2.05) is 20.9 Å². The summed E-state index contributed by atoms with van der Waals surface area (Å²) in [5, 5.41) is 14.1. The Morgan fingerprint density at radius 3 is 2.50 bits per heavy atom. The molecule has 18 heavy (non-hydrogen) atoms. The average molecular weight is 259 g/mol. The van der Waals surface area contributed by atoms with Crippen LogP contribution >= 0.6 is 0 Å². The third-order valence-corrected chi connectivity index (χ3v) is 2.77. The third kappa shape index (κ3) is 7.89. The number of rotatable bonds is 9. The number of hydrogen-bond donors (Lipinski definition) is 3. The summed E-state index contributed by atoms with van der Waals surface area (Å²) in [6.45, 7) is 6.19. The lowest BCUT2D eigenvalue weighted by Gasteiger charge is -2.17. The molecule has 0 aromatic rings. The summed E-state index contributed by atoms with van der Waals surface area (Å²) in [6.07, 6.45) is 2.16. The van der Waals surface area contributed by atoms with Crippen molar-refractivity contribution in [1.29, 1.82) is 0 Å². The number of carbonyl (C=O) groups excluding carboxylic acids is 1. The fourth-order valence-electron chi connectivity index (χ4n) is 1.39. The number of amides is 2. The molecular weight excluding hydrogens is 234 g/mol. The summed E-state index contributed by atoms with van der Waals surface area (Å²) < 4.78 is 0. The number of aliphatic carboxylic acids is 1. The summed E-state index contributed by atoms with van der Waals surface area (Å²) in [7, 11) is 1.96. The molecule has 0 aromatic carbocycles. The molecule has 0 saturated carbocycles. The zero-order chi connectivity index (χ0) is 14.0. The molecule has 1 unspecified atom stereocenters. The Morgan fingerprint density at radius 1 is 1.33 bits per heavy atom. The van der Waals surface area contributed by atoms with Crippen molar-refractivity contribution in [3.8, 4) is 0 Å². The van der Waals surface area contributed by atoms with Gasteiger partial charge in [-0.25, -0.2) is 9.59 Å². The van der Waals surface area contributed by atoms with Crippen LogP contribution in [0.5, 0.6) is 0 Å². The number of nitrogens with zero attached hydrogens (tertiary/aromatic N) is 1. The summed E-state index contributed by atoms with van der Waals surface area (Å²) in [4.78, 5) is 24.5. The maximum absolute atomic E-state index is 11.5. The van der Waals surface area contributed by atoms with Crippen LogP contribution in [0.15, 0.2) is 0 Å². The van der Waals surface area contributed by atoms with Gasteiger partial charge in [-0.3, -0.25) is 0 Å². The minimum atomic E-state index is -0.982.